The zero-order valence-corrected chi connectivity index (χ0v) is 10.8. The van der Waals surface area contributed by atoms with Crippen LogP contribution in [-0.2, 0) is 16.2 Å². The second-order valence-corrected chi connectivity index (χ2v) is 5.98. The van der Waals surface area contributed by atoms with E-state index in [0.717, 1.165) is 26.2 Å². The molecule has 0 heterocycles. The van der Waals surface area contributed by atoms with Crippen LogP contribution in [0.5, 0.6) is 0 Å². The molecule has 1 rings (SSSR count). The molecule has 0 atom stereocenters. The van der Waals surface area contributed by atoms with Crippen molar-refractivity contribution in [3.8, 4) is 0 Å². The lowest BCUT2D eigenvalue weighted by Crippen LogP contribution is -2.26. The minimum Gasteiger partial charge on any atom is -0.366 e. The lowest BCUT2D eigenvalue weighted by Gasteiger charge is -2.17. The van der Waals surface area contributed by atoms with E-state index in [1.165, 1.54) is 0 Å². The molecule has 9 heteroatoms. The highest BCUT2D eigenvalue weighted by molar-refractivity contribution is 7.89. The Hall–Kier alpha value is -1.61. The van der Waals surface area contributed by atoms with Crippen LogP contribution in [0.4, 0.5) is 13.2 Å². The molecule has 0 aliphatic rings. The lowest BCUT2D eigenvalue weighted by molar-refractivity contribution is -0.139. The smallest absolute Gasteiger partial charge is 0.366 e. The van der Waals surface area contributed by atoms with Gasteiger partial charge in [-0.05, 0) is 18.2 Å². The van der Waals surface area contributed by atoms with E-state index in [4.69, 9.17) is 5.73 Å². The Morgan fingerprint density at radius 2 is 1.79 bits per heavy atom. The van der Waals surface area contributed by atoms with E-state index in [2.05, 4.69) is 0 Å². The maximum absolute atomic E-state index is 12.9. The van der Waals surface area contributed by atoms with Crippen molar-refractivity contribution in [2.24, 2.45) is 5.73 Å². The fraction of sp³-hybridized carbons (Fsp3) is 0.300. The summed E-state index contributed by atoms with van der Waals surface area (Å²) < 4.78 is 62.8. The van der Waals surface area contributed by atoms with Crippen molar-refractivity contribution < 1.29 is 26.4 Å². The van der Waals surface area contributed by atoms with Gasteiger partial charge >= 0.3 is 6.18 Å². The number of hydrogen-bond acceptors (Lipinski definition) is 3. The summed E-state index contributed by atoms with van der Waals surface area (Å²) in [6, 6.07) is 2.09. The number of nitrogens with zero attached hydrogens (tertiary/aromatic N) is 1. The molecule has 0 bridgehead atoms. The summed E-state index contributed by atoms with van der Waals surface area (Å²) in [6.07, 6.45) is -4.91. The van der Waals surface area contributed by atoms with Gasteiger partial charge in [0.05, 0.1) is 10.5 Å². The summed E-state index contributed by atoms with van der Waals surface area (Å²) in [5, 5.41) is 0. The van der Waals surface area contributed by atoms with Gasteiger partial charge in [-0.15, -0.1) is 0 Å². The first-order chi connectivity index (χ1) is 8.48. The molecule has 0 aliphatic heterocycles. The maximum Gasteiger partial charge on any atom is 0.417 e. The molecule has 0 spiro atoms. The van der Waals surface area contributed by atoms with Gasteiger partial charge in [0.2, 0.25) is 15.9 Å². The fourth-order valence-corrected chi connectivity index (χ4v) is 2.41. The molecule has 1 amide bonds. The molecule has 1 aromatic carbocycles. The maximum atomic E-state index is 12.9. The zero-order chi connectivity index (χ0) is 15.0. The van der Waals surface area contributed by atoms with E-state index in [0.29, 0.717) is 10.4 Å². The molecule has 0 radical (unpaired) electrons. The van der Waals surface area contributed by atoms with Gasteiger partial charge in [0.25, 0.3) is 0 Å². The van der Waals surface area contributed by atoms with Crippen molar-refractivity contribution in [1.29, 1.82) is 0 Å². The molecule has 5 nitrogen and oxygen atoms in total. The Labute approximate surface area is 107 Å². The predicted octanol–water partition coefficient (Wildman–Crippen LogP) is 1.05. The molecule has 0 unspecified atom stereocenters. The van der Waals surface area contributed by atoms with Crippen LogP contribution in [0, 0.1) is 0 Å². The number of carbonyl (C=O) groups is 1. The molecule has 19 heavy (non-hydrogen) atoms. The highest BCUT2D eigenvalue weighted by Gasteiger charge is 2.38. The molecule has 106 valence electrons. The van der Waals surface area contributed by atoms with Crippen molar-refractivity contribution in [3.63, 3.8) is 0 Å². The number of amides is 1. The number of nitrogens with two attached hydrogens (primary N) is 1. The van der Waals surface area contributed by atoms with Crippen LogP contribution in [0.2, 0.25) is 0 Å². The summed E-state index contributed by atoms with van der Waals surface area (Å²) in [5.41, 5.74) is 3.05. The summed E-state index contributed by atoms with van der Waals surface area (Å²) in [6.45, 7) is 0. The summed E-state index contributed by atoms with van der Waals surface area (Å²) in [4.78, 5) is 9.95. The van der Waals surface area contributed by atoms with Crippen LogP contribution in [0.1, 0.15) is 15.9 Å². The monoisotopic (exact) mass is 296 g/mol. The fourth-order valence-electron chi connectivity index (χ4n) is 1.33. The number of hydrogen-bond donors (Lipinski definition) is 1. The normalized spacial score (nSPS) is 12.7. The third kappa shape index (κ3) is 3.04. The molecular weight excluding hydrogens is 285 g/mol. The third-order valence-electron chi connectivity index (χ3n) is 2.33. The van der Waals surface area contributed by atoms with Crippen LogP contribution >= 0.6 is 0 Å². The number of carbonyl (C=O) groups excluding carboxylic acids is 1. The van der Waals surface area contributed by atoms with Gasteiger partial charge in [-0.25, -0.2) is 12.7 Å². The average Bonchev–Trinajstić information content (AvgIpc) is 2.26. The molecule has 0 saturated carbocycles. The van der Waals surface area contributed by atoms with Crippen molar-refractivity contribution in [1.82, 2.24) is 4.31 Å². The number of alkyl halides is 3. The van der Waals surface area contributed by atoms with Gasteiger partial charge < -0.3 is 5.73 Å². The SMILES string of the molecule is CN(C)S(=O)(=O)c1ccc(C(N)=O)cc1C(F)(F)F. The van der Waals surface area contributed by atoms with E-state index in [1.807, 2.05) is 0 Å². The second-order valence-electron chi connectivity index (χ2n) is 3.86. The summed E-state index contributed by atoms with van der Waals surface area (Å²) >= 11 is 0. The lowest BCUT2D eigenvalue weighted by atomic mass is 10.1. The number of sulfonamides is 1. The Balaban J connectivity index is 3.63. The van der Waals surface area contributed by atoms with E-state index in [-0.39, 0.29) is 0 Å². The largest absolute Gasteiger partial charge is 0.417 e. The van der Waals surface area contributed by atoms with Crippen molar-refractivity contribution in [2.45, 2.75) is 11.1 Å². The van der Waals surface area contributed by atoms with Crippen molar-refractivity contribution >= 4 is 15.9 Å². The molecule has 2 N–H and O–H groups in total. The van der Waals surface area contributed by atoms with Crippen LogP contribution in [0.3, 0.4) is 0 Å². The predicted molar refractivity (Wildman–Crippen MR) is 60.8 cm³/mol. The topological polar surface area (TPSA) is 80.5 Å². The Morgan fingerprint density at radius 3 is 2.16 bits per heavy atom. The number of halogens is 3. The van der Waals surface area contributed by atoms with E-state index in [1.54, 1.807) is 0 Å². The number of primary amides is 1. The quantitative estimate of drug-likeness (QED) is 0.905. The second kappa shape index (κ2) is 4.82. The molecule has 0 saturated heterocycles. The van der Waals surface area contributed by atoms with Gasteiger partial charge in [-0.1, -0.05) is 0 Å². The van der Waals surface area contributed by atoms with Crippen LogP contribution in [0.15, 0.2) is 23.1 Å². The Bertz CT molecular complexity index is 609. The average molecular weight is 296 g/mol. The van der Waals surface area contributed by atoms with Gasteiger partial charge in [-0.3, -0.25) is 4.79 Å². The molecule has 0 aromatic heterocycles. The molecule has 0 fully saturated rings. The van der Waals surface area contributed by atoms with E-state index in [9.17, 15) is 26.4 Å². The van der Waals surface area contributed by atoms with E-state index >= 15 is 0 Å². The molecule has 0 aliphatic carbocycles. The molecule has 1 aromatic rings. The Morgan fingerprint density at radius 1 is 1.26 bits per heavy atom. The number of benzene rings is 1. The standard InChI is InChI=1S/C10H11F3N2O3S/c1-15(2)19(17,18)8-4-3-6(9(14)16)5-7(8)10(11,12)13/h3-5H,1-2H3,(H2,14,16). The number of rotatable bonds is 3. The van der Waals surface area contributed by atoms with E-state index < -0.39 is 38.1 Å². The van der Waals surface area contributed by atoms with Crippen molar-refractivity contribution in [2.75, 3.05) is 14.1 Å². The van der Waals surface area contributed by atoms with Crippen LogP contribution in [-0.4, -0.2) is 32.7 Å². The first-order valence-electron chi connectivity index (χ1n) is 4.91. The van der Waals surface area contributed by atoms with Gasteiger partial charge in [0.15, 0.2) is 0 Å². The molecular formula is C10H11F3N2O3S. The van der Waals surface area contributed by atoms with Gasteiger partial charge in [0, 0.05) is 19.7 Å². The minimum atomic E-state index is -4.91. The van der Waals surface area contributed by atoms with Crippen molar-refractivity contribution in [3.05, 3.63) is 29.3 Å². The first-order valence-corrected chi connectivity index (χ1v) is 6.35. The summed E-state index contributed by atoms with van der Waals surface area (Å²) in [5.74, 6) is -1.07. The summed E-state index contributed by atoms with van der Waals surface area (Å²) in [7, 11) is -2.05. The zero-order valence-electron chi connectivity index (χ0n) is 10.0. The highest BCUT2D eigenvalue weighted by Crippen LogP contribution is 2.35. The first kappa shape index (κ1) is 15.4. The van der Waals surface area contributed by atoms with Gasteiger partial charge in [0.1, 0.15) is 0 Å². The third-order valence-corrected chi connectivity index (χ3v) is 4.20. The van der Waals surface area contributed by atoms with Gasteiger partial charge in [-0.2, -0.15) is 13.2 Å². The highest BCUT2D eigenvalue weighted by atomic mass is 32.2. The Kier molecular flexibility index (Phi) is 3.92. The van der Waals surface area contributed by atoms with Crippen LogP contribution in [0.25, 0.3) is 0 Å². The minimum absolute atomic E-state index is 0.412. The van der Waals surface area contributed by atoms with Crippen LogP contribution < -0.4 is 5.73 Å².